The Balaban J connectivity index is 0.0000109. The standard InChI is InChI=1S/C58H75N20O31P5S3.Y/c1-21-9-75(54(82)70-41(21)59)50-35-38(56(13-79,102-50)23(3)97-35)109-114(90,117)96-15-58-25(5)99-37(52(104-58)78-20-69-32-46(78)71-53(62)72-48(32)81)40(58)108-111(86,87)95-14-57-24(4)98-36(51(103-57)77-19-68-31-43(61)64-17-66-45(31)77)39(57)107-110(84,85)93-11-27-26(8-29(100-27)76-18-67-30-42(60)63-16-65-44(30)76)105-113(89,116)94-12-28-33(106-112(88,115)92-7)34(91-6)49(101-28)74-10-22(2)47(80)73-55(74)83;/h9-10,16-20,23-29,33-40,49-52,79H,8,11-15H2,1-7H3,(H,84,85)(H,86,87)(H,88,115)(H,89,116)(H,90,117)(H2,59,70,82)(H2,60,63,65)(H2,61,64,66)(H,73,80,83)(H3,62,71,72,81);/t23-,24-,25-,26+,27+,28+,29+,33-,34?,35?,36?,37?,38+,39+,40+,49+,50+,51+,52+,56-,57-,58-,112?,113?,114?;/m0./s1. The Morgan fingerprint density at radius 2 is 1.08 bits per heavy atom. The third-order valence-electron chi connectivity index (χ3n) is 21.5. The summed E-state index contributed by atoms with van der Waals surface area (Å²) in [7, 11) is -9.13. The van der Waals surface area contributed by atoms with Gasteiger partial charge in [-0.15, -0.1) is 0 Å². The van der Waals surface area contributed by atoms with E-state index in [2.05, 4.69) is 67.1 Å². The summed E-state index contributed by atoms with van der Waals surface area (Å²) in [6.45, 7) is -10.7. The molecule has 16 rings (SSSR count). The second-order valence-electron chi connectivity index (χ2n) is 28.3. The number of phosphoric acid groups is 2. The Hall–Kier alpha value is -5.31. The molecule has 60 heteroatoms. The Labute approximate surface area is 702 Å². The molecular weight excluding hydrogens is 1810 g/mol. The van der Waals surface area contributed by atoms with Crippen molar-refractivity contribution < 1.29 is 159 Å². The first-order chi connectivity index (χ1) is 55.2. The van der Waals surface area contributed by atoms with E-state index in [4.69, 9.17) is 134 Å². The number of thiol groups is 1. The monoisotopic (exact) mass is 1890 g/mol. The van der Waals surface area contributed by atoms with Crippen molar-refractivity contribution in [2.24, 2.45) is 0 Å². The van der Waals surface area contributed by atoms with Gasteiger partial charge in [0.1, 0.15) is 114 Å². The van der Waals surface area contributed by atoms with Crippen molar-refractivity contribution in [2.75, 3.05) is 70.2 Å². The zero-order valence-electron chi connectivity index (χ0n) is 62.3. The molecule has 9 unspecified atom stereocenters. The summed E-state index contributed by atoms with van der Waals surface area (Å²) < 4.78 is 166. The molecule has 27 atom stereocenters. The van der Waals surface area contributed by atoms with Gasteiger partial charge >= 0.3 is 47.3 Å². The summed E-state index contributed by atoms with van der Waals surface area (Å²) in [6, 6.07) is 0. The topological polar surface area (TPSA) is 672 Å². The molecule has 15 N–H and O–H groups in total. The molecule has 8 fully saturated rings. The van der Waals surface area contributed by atoms with E-state index in [1.807, 2.05) is 0 Å². The molecule has 639 valence electrons. The number of aromatic amines is 2. The number of aliphatic hydroxyl groups is 1. The number of anilines is 4. The largest absolute Gasteiger partial charge is 0.472 e. The molecule has 0 amide bonds. The van der Waals surface area contributed by atoms with Crippen LogP contribution in [0, 0.1) is 13.8 Å². The predicted molar refractivity (Wildman–Crippen MR) is 402 cm³/mol. The van der Waals surface area contributed by atoms with Gasteiger partial charge in [-0.05, 0) is 58.2 Å². The molecule has 118 heavy (non-hydrogen) atoms. The number of methoxy groups -OCH3 is 1. The van der Waals surface area contributed by atoms with Crippen molar-refractivity contribution in [1.29, 1.82) is 0 Å². The smallest absolute Gasteiger partial charge is 0.393 e. The number of aliphatic hydroxyl groups excluding tert-OH is 1. The molecule has 6 bridgehead atoms. The van der Waals surface area contributed by atoms with Crippen LogP contribution in [0.25, 0.3) is 33.5 Å². The molecule has 51 nitrogen and oxygen atoms in total. The Kier molecular flexibility index (Phi) is 24.0. The van der Waals surface area contributed by atoms with Crippen LogP contribution in [0.4, 0.5) is 23.4 Å². The number of ether oxygens (including phenoxy) is 9. The van der Waals surface area contributed by atoms with E-state index in [1.165, 1.54) is 66.6 Å². The van der Waals surface area contributed by atoms with Crippen LogP contribution in [0.2, 0.25) is 0 Å². The fraction of sp³-hybridized carbons (Fsp3) is 0.603. The van der Waals surface area contributed by atoms with Gasteiger partial charge < -0.3 is 108 Å². The van der Waals surface area contributed by atoms with Gasteiger partial charge in [-0.3, -0.25) is 69.5 Å². The Morgan fingerprint density at radius 3 is 1.68 bits per heavy atom. The normalized spacial score (nSPS) is 34.8. The van der Waals surface area contributed by atoms with Crippen molar-refractivity contribution >= 4 is 129 Å². The number of nitrogens with two attached hydrogens (primary N) is 4. The molecule has 0 aliphatic carbocycles. The molecule has 16 heterocycles. The molecule has 0 saturated carbocycles. The number of fused-ring (bicyclic) bond motifs is 9. The molecule has 8 saturated heterocycles. The molecule has 8 aromatic heterocycles. The molecule has 0 aromatic carbocycles. The summed E-state index contributed by atoms with van der Waals surface area (Å²) in [5, 5.41) is 11.0. The van der Waals surface area contributed by atoms with Crippen molar-refractivity contribution in [2.45, 2.75) is 174 Å². The van der Waals surface area contributed by atoms with E-state index in [0.717, 1.165) is 35.2 Å². The zero-order valence-corrected chi connectivity index (χ0v) is 72.1. The minimum Gasteiger partial charge on any atom is -0.393 e. The fourth-order valence-electron chi connectivity index (χ4n) is 15.6. The number of phosphoric ester groups is 2. The molecule has 8 aromatic rings. The van der Waals surface area contributed by atoms with Crippen LogP contribution in [0.1, 0.15) is 69.5 Å². The number of nitrogens with zero attached hydrogens (tertiary/aromatic N) is 14. The van der Waals surface area contributed by atoms with E-state index >= 15 is 9.13 Å². The van der Waals surface area contributed by atoms with E-state index in [1.54, 1.807) is 13.8 Å². The number of rotatable bonds is 30. The number of H-pyrrole nitrogens is 2. The molecule has 0 spiro atoms. The third-order valence-corrected chi connectivity index (χ3v) is 28.3. The van der Waals surface area contributed by atoms with Gasteiger partial charge in [-0.2, -0.15) is 9.97 Å². The number of aromatic nitrogens is 16. The van der Waals surface area contributed by atoms with Gasteiger partial charge in [0.2, 0.25) is 5.95 Å². The second kappa shape index (κ2) is 32.3. The number of imidazole rings is 3. The van der Waals surface area contributed by atoms with E-state index in [-0.39, 0.29) is 102 Å². The van der Waals surface area contributed by atoms with Gasteiger partial charge in [0.05, 0.1) is 76.4 Å². The van der Waals surface area contributed by atoms with Crippen LogP contribution in [0.15, 0.2) is 63.2 Å². The van der Waals surface area contributed by atoms with Crippen molar-refractivity contribution in [3.63, 3.8) is 0 Å². The zero-order chi connectivity index (χ0) is 83.5. The van der Waals surface area contributed by atoms with Crippen LogP contribution < -0.4 is 45.4 Å². The predicted octanol–water partition coefficient (Wildman–Crippen LogP) is -0.782. The number of nitrogen functional groups attached to an aromatic ring is 4. The van der Waals surface area contributed by atoms with Crippen molar-refractivity contribution in [3.05, 3.63) is 96.8 Å². The summed E-state index contributed by atoms with van der Waals surface area (Å²) in [4.78, 5) is 143. The number of nitrogens with one attached hydrogen (secondary N) is 2. The summed E-state index contributed by atoms with van der Waals surface area (Å²) in [5.74, 6) is -0.501. The maximum Gasteiger partial charge on any atom is 0.472 e. The second-order valence-corrected chi connectivity index (χ2v) is 39.7. The van der Waals surface area contributed by atoms with Crippen LogP contribution in [-0.2, 0) is 158 Å². The number of hydrogen-bond donors (Lipinski definition) is 12. The number of aryl methyl sites for hydroxylation is 2. The Bertz CT molecular complexity index is 5760. The first-order valence-electron chi connectivity index (χ1n) is 35.1. The average molecular weight is 1890 g/mol. The first-order valence-corrected chi connectivity index (χ1v) is 46.0. The van der Waals surface area contributed by atoms with Gasteiger partial charge in [-0.25, -0.2) is 58.2 Å². The van der Waals surface area contributed by atoms with Crippen LogP contribution >= 0.6 is 48.1 Å². The van der Waals surface area contributed by atoms with E-state index in [9.17, 15) is 48.4 Å². The first kappa shape index (κ1) is 87.6. The quantitative estimate of drug-likeness (QED) is 0.0194. The average Bonchev–Trinajstić information content (AvgIpc) is 1.55. The molecule has 1 radical (unpaired) electrons. The van der Waals surface area contributed by atoms with Gasteiger partial charge in [0, 0.05) is 76.9 Å². The third kappa shape index (κ3) is 15.7. The Morgan fingerprint density at radius 1 is 0.559 bits per heavy atom. The van der Waals surface area contributed by atoms with Gasteiger partial charge in [0.25, 0.3) is 11.1 Å². The van der Waals surface area contributed by atoms with Crippen LogP contribution in [-0.4, -0.2) is 252 Å². The summed E-state index contributed by atoms with van der Waals surface area (Å²) in [6.07, 6.45) is -18.9. The summed E-state index contributed by atoms with van der Waals surface area (Å²) >= 11 is 15.3. The number of hydrogen-bond acceptors (Lipinski definition) is 42. The van der Waals surface area contributed by atoms with Crippen LogP contribution in [0.5, 0.6) is 0 Å². The maximum atomic E-state index is 15.2. The summed E-state index contributed by atoms with van der Waals surface area (Å²) in [5.41, 5.74) is 15.3. The van der Waals surface area contributed by atoms with E-state index in [0.29, 0.717) is 5.56 Å². The SMILES string of the molecule is COC1[C@@H](OP(=O)(S)OC)[C@@H](COP(O)(=S)O[C@@H]2C[C@H](n3cnc4c(N)ncnc43)O[C@@H]2COP(=O)(O)O[C@@H]2C3O[C@@H](C)[C@]2(COP(=O)(O)O[C@@H]2C4O[C@@H](C)[C@]2(COP(O)(=S)O[C@@H]2C5O[C@@H](C)[C@]2(CO)O[C@H]5n2cc(C)c(N)nc2=O)O[C@H]4n2cnc4c(=O)[nH]c(N)nc42)O[C@H]3n2cnc3c(N)ncnc32)O[C@H]1n1cc(C)c(=O)[nH]c1=O.[Y]. The molecular formula is C58H75N20O31P5S3Y. The van der Waals surface area contributed by atoms with Crippen LogP contribution in [0.3, 0.4) is 0 Å². The van der Waals surface area contributed by atoms with Crippen molar-refractivity contribution in [1.82, 2.24) is 77.7 Å². The minimum atomic E-state index is -5.75. The fourth-order valence-corrected chi connectivity index (χ4v) is 21.5. The van der Waals surface area contributed by atoms with E-state index < -0.39 is 225 Å². The van der Waals surface area contributed by atoms with Crippen molar-refractivity contribution in [3.8, 4) is 0 Å². The minimum absolute atomic E-state index is 0. The van der Waals surface area contributed by atoms with Gasteiger partial charge in [-0.1, -0.05) is 12.2 Å². The maximum absolute atomic E-state index is 15.2. The molecule has 8 aliphatic rings. The molecule has 8 aliphatic heterocycles. The van der Waals surface area contributed by atoms with Gasteiger partial charge in [0.15, 0.2) is 59.0 Å².